The van der Waals surface area contributed by atoms with Crippen LogP contribution in [0, 0.1) is 6.92 Å². The molecule has 1 aromatic rings. The van der Waals surface area contributed by atoms with Gasteiger partial charge >= 0.3 is 6.18 Å². The van der Waals surface area contributed by atoms with Crippen molar-refractivity contribution in [1.82, 2.24) is 9.97 Å². The maximum atomic E-state index is 12.6. The third-order valence-corrected chi connectivity index (χ3v) is 3.15. The van der Waals surface area contributed by atoms with E-state index in [-0.39, 0.29) is 22.9 Å². The monoisotopic (exact) mass is 309 g/mol. The van der Waals surface area contributed by atoms with Crippen molar-refractivity contribution in [2.75, 3.05) is 18.0 Å². The van der Waals surface area contributed by atoms with Crippen molar-refractivity contribution in [2.24, 2.45) is 0 Å². The Balaban J connectivity index is 3.31. The van der Waals surface area contributed by atoms with Crippen LogP contribution in [0.1, 0.15) is 39.1 Å². The number of nitrogens with zero attached hydrogens (tertiary/aromatic N) is 3. The third kappa shape index (κ3) is 4.23. The highest BCUT2D eigenvalue weighted by molar-refractivity contribution is 6.30. The van der Waals surface area contributed by atoms with Gasteiger partial charge in [0, 0.05) is 17.5 Å². The fraction of sp³-hybridized carbons (Fsp3) is 0.692. The third-order valence-electron chi connectivity index (χ3n) is 2.78. The molecule has 1 rings (SSSR count). The summed E-state index contributed by atoms with van der Waals surface area (Å²) in [5.41, 5.74) is 0.0785. The van der Waals surface area contributed by atoms with Crippen LogP contribution in [0.2, 0.25) is 5.15 Å². The topological polar surface area (TPSA) is 29.0 Å². The number of hydrogen-bond donors (Lipinski definition) is 0. The van der Waals surface area contributed by atoms with E-state index in [1.54, 1.807) is 13.8 Å². The number of rotatable bonds is 3. The summed E-state index contributed by atoms with van der Waals surface area (Å²) in [7, 11) is 0. The molecule has 3 nitrogen and oxygen atoms in total. The summed E-state index contributed by atoms with van der Waals surface area (Å²) in [5, 5.41) is 0.195. The van der Waals surface area contributed by atoms with Gasteiger partial charge < -0.3 is 4.90 Å². The Morgan fingerprint density at radius 2 is 1.70 bits per heavy atom. The lowest BCUT2D eigenvalue weighted by atomic mass is 9.95. The van der Waals surface area contributed by atoms with E-state index in [4.69, 9.17) is 11.6 Å². The van der Waals surface area contributed by atoms with Crippen molar-refractivity contribution < 1.29 is 13.2 Å². The minimum atomic E-state index is -4.29. The molecule has 1 heterocycles. The van der Waals surface area contributed by atoms with Gasteiger partial charge in [-0.05, 0) is 13.8 Å². The first-order chi connectivity index (χ1) is 8.95. The van der Waals surface area contributed by atoms with Crippen LogP contribution in [0.4, 0.5) is 19.0 Å². The molecule has 0 aliphatic carbocycles. The largest absolute Gasteiger partial charge is 0.405 e. The molecule has 1 aromatic heterocycles. The van der Waals surface area contributed by atoms with Gasteiger partial charge in [0.1, 0.15) is 23.3 Å². The summed E-state index contributed by atoms with van der Waals surface area (Å²) in [4.78, 5) is 9.62. The fourth-order valence-corrected chi connectivity index (χ4v) is 1.84. The van der Waals surface area contributed by atoms with Crippen LogP contribution in [0.15, 0.2) is 0 Å². The van der Waals surface area contributed by atoms with Gasteiger partial charge in [-0.2, -0.15) is 13.2 Å². The molecular formula is C13H19ClF3N3. The van der Waals surface area contributed by atoms with Crippen molar-refractivity contribution >= 4 is 17.4 Å². The molecule has 0 saturated carbocycles. The predicted molar refractivity (Wildman–Crippen MR) is 74.4 cm³/mol. The first-order valence-electron chi connectivity index (χ1n) is 6.32. The van der Waals surface area contributed by atoms with E-state index in [9.17, 15) is 13.2 Å². The van der Waals surface area contributed by atoms with Gasteiger partial charge in [-0.15, -0.1) is 0 Å². The van der Waals surface area contributed by atoms with Crippen LogP contribution in [-0.2, 0) is 5.41 Å². The maximum Gasteiger partial charge on any atom is 0.405 e. The second-order valence-electron chi connectivity index (χ2n) is 5.67. The smallest absolute Gasteiger partial charge is 0.347 e. The number of halogens is 4. The summed E-state index contributed by atoms with van der Waals surface area (Å²) in [6.07, 6.45) is -4.29. The van der Waals surface area contributed by atoms with Gasteiger partial charge in [0.2, 0.25) is 0 Å². The number of aromatic nitrogens is 2. The van der Waals surface area contributed by atoms with Crippen molar-refractivity contribution in [2.45, 2.75) is 46.2 Å². The molecule has 0 spiro atoms. The van der Waals surface area contributed by atoms with Gasteiger partial charge in [-0.3, -0.25) is 0 Å². The molecule has 0 aliphatic heterocycles. The summed E-state index contributed by atoms with van der Waals surface area (Å²) in [5.74, 6) is 0.679. The van der Waals surface area contributed by atoms with Gasteiger partial charge in [-0.25, -0.2) is 9.97 Å². The molecule has 20 heavy (non-hydrogen) atoms. The summed E-state index contributed by atoms with van der Waals surface area (Å²) in [6, 6.07) is 0. The Hall–Kier alpha value is -1.04. The first kappa shape index (κ1) is 17.0. The van der Waals surface area contributed by atoms with E-state index in [1.165, 1.54) is 0 Å². The molecule has 0 N–H and O–H groups in total. The molecule has 0 fully saturated rings. The Kier molecular flexibility index (Phi) is 4.90. The fourth-order valence-electron chi connectivity index (χ4n) is 1.67. The van der Waals surface area contributed by atoms with Crippen LogP contribution < -0.4 is 4.90 Å². The van der Waals surface area contributed by atoms with Crippen LogP contribution in [0.3, 0.4) is 0 Å². The summed E-state index contributed by atoms with van der Waals surface area (Å²) in [6.45, 7) is 8.08. The zero-order valence-corrected chi connectivity index (χ0v) is 13.0. The van der Waals surface area contributed by atoms with E-state index < -0.39 is 12.7 Å². The average Bonchev–Trinajstić information content (AvgIpc) is 2.27. The zero-order chi connectivity index (χ0) is 15.7. The Bertz CT molecular complexity index is 481. The van der Waals surface area contributed by atoms with E-state index in [1.807, 2.05) is 20.8 Å². The second-order valence-corrected chi connectivity index (χ2v) is 6.02. The van der Waals surface area contributed by atoms with Crippen LogP contribution in [-0.4, -0.2) is 29.2 Å². The number of alkyl halides is 3. The van der Waals surface area contributed by atoms with E-state index in [2.05, 4.69) is 9.97 Å². The van der Waals surface area contributed by atoms with Crippen LogP contribution >= 0.6 is 11.6 Å². The van der Waals surface area contributed by atoms with E-state index in [0.29, 0.717) is 11.4 Å². The van der Waals surface area contributed by atoms with Crippen LogP contribution in [0.5, 0.6) is 0 Å². The SMILES string of the molecule is CCN(CC(F)(F)F)c1nc(C(C)(C)C)nc(Cl)c1C. The highest BCUT2D eigenvalue weighted by Gasteiger charge is 2.32. The van der Waals surface area contributed by atoms with Crippen molar-refractivity contribution in [3.8, 4) is 0 Å². The van der Waals surface area contributed by atoms with Gasteiger partial charge in [0.15, 0.2) is 0 Å². The van der Waals surface area contributed by atoms with Crippen molar-refractivity contribution in [3.63, 3.8) is 0 Å². The molecular weight excluding hydrogens is 291 g/mol. The Morgan fingerprint density at radius 3 is 2.10 bits per heavy atom. The van der Waals surface area contributed by atoms with Crippen molar-refractivity contribution in [3.05, 3.63) is 16.5 Å². The minimum Gasteiger partial charge on any atom is -0.347 e. The summed E-state index contributed by atoms with van der Waals surface area (Å²) < 4.78 is 37.9. The molecule has 0 aliphatic rings. The lowest BCUT2D eigenvalue weighted by Gasteiger charge is -2.27. The number of anilines is 1. The summed E-state index contributed by atoms with van der Waals surface area (Å²) >= 11 is 6.04. The molecule has 0 unspecified atom stereocenters. The normalized spacial score (nSPS) is 12.7. The molecule has 0 aromatic carbocycles. The van der Waals surface area contributed by atoms with Gasteiger partial charge in [0.05, 0.1) is 0 Å². The number of hydrogen-bond acceptors (Lipinski definition) is 3. The second kappa shape index (κ2) is 5.76. The zero-order valence-electron chi connectivity index (χ0n) is 12.3. The van der Waals surface area contributed by atoms with E-state index >= 15 is 0 Å². The standard InChI is InChI=1S/C13H19ClF3N3/c1-6-20(7-13(15,16)17)10-8(2)9(14)18-11(19-10)12(3,4)5/h6-7H2,1-5H3. The maximum absolute atomic E-state index is 12.6. The Labute approximate surface area is 122 Å². The molecule has 114 valence electrons. The highest BCUT2D eigenvalue weighted by Crippen LogP contribution is 2.29. The molecule has 0 atom stereocenters. The lowest BCUT2D eigenvalue weighted by molar-refractivity contribution is -0.119. The average molecular weight is 310 g/mol. The first-order valence-corrected chi connectivity index (χ1v) is 6.70. The van der Waals surface area contributed by atoms with E-state index in [0.717, 1.165) is 4.90 Å². The quantitative estimate of drug-likeness (QED) is 0.786. The molecule has 7 heteroatoms. The lowest BCUT2D eigenvalue weighted by Crippen LogP contribution is -2.36. The van der Waals surface area contributed by atoms with Gasteiger partial charge in [0.25, 0.3) is 0 Å². The minimum absolute atomic E-state index is 0.192. The van der Waals surface area contributed by atoms with Crippen LogP contribution in [0.25, 0.3) is 0 Å². The van der Waals surface area contributed by atoms with Gasteiger partial charge in [-0.1, -0.05) is 32.4 Å². The molecule has 0 saturated heterocycles. The Morgan fingerprint density at radius 1 is 1.15 bits per heavy atom. The van der Waals surface area contributed by atoms with Crippen molar-refractivity contribution in [1.29, 1.82) is 0 Å². The highest BCUT2D eigenvalue weighted by atomic mass is 35.5. The molecule has 0 bridgehead atoms. The molecule has 0 radical (unpaired) electrons. The molecule has 0 amide bonds. The predicted octanol–water partition coefficient (Wildman–Crippen LogP) is 4.12.